The van der Waals surface area contributed by atoms with E-state index in [0.29, 0.717) is 11.8 Å². The Bertz CT molecular complexity index is 232. The number of aliphatic carboxylic acids is 1. The third kappa shape index (κ3) is 5.07. The molecule has 0 aromatic heterocycles. The smallest absolute Gasteiger partial charge is 0.306 e. The third-order valence-corrected chi connectivity index (χ3v) is 3.78. The van der Waals surface area contributed by atoms with E-state index in [1.54, 1.807) is 0 Å². The highest BCUT2D eigenvalue weighted by Crippen LogP contribution is 2.29. The summed E-state index contributed by atoms with van der Waals surface area (Å²) in [7, 11) is 0. The molecule has 1 aliphatic rings. The highest BCUT2D eigenvalue weighted by atomic mass is 16.4. The Morgan fingerprint density at radius 3 is 2.29 bits per heavy atom. The second-order valence-corrected chi connectivity index (χ2v) is 5.80. The second-order valence-electron chi connectivity index (χ2n) is 5.80. The number of rotatable bonds is 6. The number of hydrogen-bond donors (Lipinski definition) is 1. The number of carboxylic acids is 1. The first-order valence-corrected chi connectivity index (χ1v) is 6.98. The van der Waals surface area contributed by atoms with E-state index in [1.807, 2.05) is 0 Å². The van der Waals surface area contributed by atoms with Gasteiger partial charge in [-0.2, -0.15) is 0 Å². The lowest BCUT2D eigenvalue weighted by Crippen LogP contribution is -2.34. The number of carboxylic acid groups (broad SMARTS) is 1. The first kappa shape index (κ1) is 14.5. The SMILES string of the molecule is CCN(CC(C)C)C[C@H]1CC[C@H](C(=O)O)CC1. The molecule has 0 bridgehead atoms. The van der Waals surface area contributed by atoms with Crippen molar-refractivity contribution >= 4 is 5.97 Å². The van der Waals surface area contributed by atoms with Gasteiger partial charge in [-0.1, -0.05) is 20.8 Å². The summed E-state index contributed by atoms with van der Waals surface area (Å²) in [5.74, 6) is 0.749. The van der Waals surface area contributed by atoms with E-state index in [0.717, 1.165) is 45.3 Å². The largest absolute Gasteiger partial charge is 0.481 e. The van der Waals surface area contributed by atoms with Crippen LogP contribution in [0.3, 0.4) is 0 Å². The second kappa shape index (κ2) is 7.00. The van der Waals surface area contributed by atoms with Crippen molar-refractivity contribution in [3.05, 3.63) is 0 Å². The van der Waals surface area contributed by atoms with Crippen molar-refractivity contribution in [2.45, 2.75) is 46.5 Å². The van der Waals surface area contributed by atoms with Crippen molar-refractivity contribution < 1.29 is 9.90 Å². The molecular weight excluding hydrogens is 214 g/mol. The lowest BCUT2D eigenvalue weighted by atomic mass is 9.82. The van der Waals surface area contributed by atoms with Crippen molar-refractivity contribution in [1.82, 2.24) is 4.90 Å². The van der Waals surface area contributed by atoms with Crippen molar-refractivity contribution in [3.8, 4) is 0 Å². The topological polar surface area (TPSA) is 40.5 Å². The Morgan fingerprint density at radius 2 is 1.88 bits per heavy atom. The van der Waals surface area contributed by atoms with Crippen molar-refractivity contribution in [3.63, 3.8) is 0 Å². The van der Waals surface area contributed by atoms with E-state index in [9.17, 15) is 4.79 Å². The molecule has 0 aromatic carbocycles. The van der Waals surface area contributed by atoms with Gasteiger partial charge in [0.15, 0.2) is 0 Å². The summed E-state index contributed by atoms with van der Waals surface area (Å²) < 4.78 is 0. The first-order chi connectivity index (χ1) is 8.02. The molecule has 1 aliphatic carbocycles. The molecule has 17 heavy (non-hydrogen) atoms. The van der Waals surface area contributed by atoms with E-state index < -0.39 is 5.97 Å². The van der Waals surface area contributed by atoms with Crippen molar-refractivity contribution in [2.75, 3.05) is 19.6 Å². The number of carbonyl (C=O) groups is 1. The highest BCUT2D eigenvalue weighted by Gasteiger charge is 2.26. The summed E-state index contributed by atoms with van der Waals surface area (Å²) in [6, 6.07) is 0. The molecule has 0 heterocycles. The fourth-order valence-electron chi connectivity index (χ4n) is 2.81. The van der Waals surface area contributed by atoms with Crippen LogP contribution in [0.2, 0.25) is 0 Å². The van der Waals surface area contributed by atoms with Gasteiger partial charge in [-0.05, 0) is 44.1 Å². The predicted molar refractivity (Wildman–Crippen MR) is 70.0 cm³/mol. The Kier molecular flexibility index (Phi) is 5.96. The van der Waals surface area contributed by atoms with Crippen LogP contribution in [0.4, 0.5) is 0 Å². The third-order valence-electron chi connectivity index (χ3n) is 3.78. The molecule has 3 heteroatoms. The quantitative estimate of drug-likeness (QED) is 0.777. The normalized spacial score (nSPS) is 25.5. The van der Waals surface area contributed by atoms with Crippen LogP contribution in [0.5, 0.6) is 0 Å². The first-order valence-electron chi connectivity index (χ1n) is 6.98. The van der Waals surface area contributed by atoms with Gasteiger partial charge >= 0.3 is 5.97 Å². The molecule has 100 valence electrons. The summed E-state index contributed by atoms with van der Waals surface area (Å²) in [5, 5.41) is 8.96. The lowest BCUT2D eigenvalue weighted by molar-refractivity contribution is -0.143. The molecule has 0 spiro atoms. The van der Waals surface area contributed by atoms with Gasteiger partial charge in [-0.25, -0.2) is 0 Å². The van der Waals surface area contributed by atoms with E-state index in [1.165, 1.54) is 0 Å². The zero-order chi connectivity index (χ0) is 12.8. The molecule has 0 aliphatic heterocycles. The summed E-state index contributed by atoms with van der Waals surface area (Å²) >= 11 is 0. The van der Waals surface area contributed by atoms with Crippen LogP contribution < -0.4 is 0 Å². The lowest BCUT2D eigenvalue weighted by Gasteiger charge is -2.31. The standard InChI is InChI=1S/C14H27NO2/c1-4-15(9-11(2)3)10-12-5-7-13(8-6-12)14(16)17/h11-13H,4-10H2,1-3H3,(H,16,17)/t12-,13-. The molecular formula is C14H27NO2. The van der Waals surface area contributed by atoms with Crippen LogP contribution in [0.1, 0.15) is 46.5 Å². The van der Waals surface area contributed by atoms with Gasteiger partial charge in [0.2, 0.25) is 0 Å². The van der Waals surface area contributed by atoms with E-state index in [-0.39, 0.29) is 5.92 Å². The van der Waals surface area contributed by atoms with Crippen LogP contribution in [0.15, 0.2) is 0 Å². The minimum Gasteiger partial charge on any atom is -0.481 e. The minimum atomic E-state index is -0.599. The summed E-state index contributed by atoms with van der Waals surface area (Å²) in [6.07, 6.45) is 3.93. The zero-order valence-corrected chi connectivity index (χ0v) is 11.5. The summed E-state index contributed by atoms with van der Waals surface area (Å²) in [5.41, 5.74) is 0. The average Bonchev–Trinajstić information content (AvgIpc) is 2.28. The molecule has 1 saturated carbocycles. The van der Waals surface area contributed by atoms with E-state index in [4.69, 9.17) is 5.11 Å². The molecule has 0 amide bonds. The van der Waals surface area contributed by atoms with Crippen LogP contribution in [-0.2, 0) is 4.79 Å². The van der Waals surface area contributed by atoms with Gasteiger partial charge in [-0.15, -0.1) is 0 Å². The van der Waals surface area contributed by atoms with Crippen LogP contribution in [-0.4, -0.2) is 35.6 Å². The van der Waals surface area contributed by atoms with Crippen LogP contribution >= 0.6 is 0 Å². The number of hydrogen-bond acceptors (Lipinski definition) is 2. The maximum Gasteiger partial charge on any atom is 0.306 e. The molecule has 0 atom stereocenters. The molecule has 0 radical (unpaired) electrons. The number of nitrogens with zero attached hydrogens (tertiary/aromatic N) is 1. The van der Waals surface area contributed by atoms with Crippen molar-refractivity contribution in [2.24, 2.45) is 17.8 Å². The average molecular weight is 241 g/mol. The van der Waals surface area contributed by atoms with Gasteiger partial charge in [0, 0.05) is 13.1 Å². The highest BCUT2D eigenvalue weighted by molar-refractivity contribution is 5.69. The van der Waals surface area contributed by atoms with Gasteiger partial charge in [0.1, 0.15) is 0 Å². The molecule has 1 rings (SSSR count). The molecule has 0 unspecified atom stereocenters. The van der Waals surface area contributed by atoms with Gasteiger partial charge in [-0.3, -0.25) is 4.79 Å². The summed E-state index contributed by atoms with van der Waals surface area (Å²) in [4.78, 5) is 13.4. The fraction of sp³-hybridized carbons (Fsp3) is 0.929. The molecule has 1 N–H and O–H groups in total. The van der Waals surface area contributed by atoms with Gasteiger partial charge in [0.05, 0.1) is 5.92 Å². The van der Waals surface area contributed by atoms with E-state index >= 15 is 0 Å². The Hall–Kier alpha value is -0.570. The maximum atomic E-state index is 10.9. The molecule has 3 nitrogen and oxygen atoms in total. The van der Waals surface area contributed by atoms with Crippen molar-refractivity contribution in [1.29, 1.82) is 0 Å². The maximum absolute atomic E-state index is 10.9. The fourth-order valence-corrected chi connectivity index (χ4v) is 2.81. The predicted octanol–water partition coefficient (Wildman–Crippen LogP) is 2.86. The minimum absolute atomic E-state index is 0.0774. The van der Waals surface area contributed by atoms with Gasteiger partial charge in [0.25, 0.3) is 0 Å². The molecule has 1 fully saturated rings. The summed E-state index contributed by atoms with van der Waals surface area (Å²) in [6.45, 7) is 10.1. The molecule has 0 saturated heterocycles. The Labute approximate surface area is 105 Å². The zero-order valence-electron chi connectivity index (χ0n) is 11.5. The van der Waals surface area contributed by atoms with E-state index in [2.05, 4.69) is 25.7 Å². The Balaban J connectivity index is 2.31. The van der Waals surface area contributed by atoms with Gasteiger partial charge < -0.3 is 10.0 Å². The van der Waals surface area contributed by atoms with Crippen LogP contribution in [0, 0.1) is 17.8 Å². The molecule has 0 aromatic rings. The monoisotopic (exact) mass is 241 g/mol. The van der Waals surface area contributed by atoms with Crippen LogP contribution in [0.25, 0.3) is 0 Å². The Morgan fingerprint density at radius 1 is 1.29 bits per heavy atom.